The van der Waals surface area contributed by atoms with Crippen LogP contribution in [0, 0.1) is 0 Å². The number of nitrogens with one attached hydrogen (secondary N) is 1. The first-order valence-corrected chi connectivity index (χ1v) is 6.96. The van der Waals surface area contributed by atoms with Gasteiger partial charge in [-0.15, -0.1) is 11.8 Å². The van der Waals surface area contributed by atoms with Crippen molar-refractivity contribution in [2.75, 3.05) is 18.8 Å². The minimum atomic E-state index is 0.339. The lowest BCUT2D eigenvalue weighted by atomic mass is 10.2. The lowest BCUT2D eigenvalue weighted by Gasteiger charge is -2.29. The van der Waals surface area contributed by atoms with Crippen LogP contribution in [0.15, 0.2) is 0 Å². The number of rotatable bonds is 2. The molecule has 0 aromatic heterocycles. The Bertz CT molecular complexity index is 229. The van der Waals surface area contributed by atoms with Crippen molar-refractivity contribution in [3.05, 3.63) is 0 Å². The van der Waals surface area contributed by atoms with E-state index in [1.807, 2.05) is 16.7 Å². The van der Waals surface area contributed by atoms with Crippen molar-refractivity contribution >= 4 is 17.7 Å². The molecule has 0 radical (unpaired) electrons. The summed E-state index contributed by atoms with van der Waals surface area (Å²) in [5.74, 6) is 1.53. The molecule has 4 heteroatoms. The van der Waals surface area contributed by atoms with E-state index in [9.17, 15) is 4.79 Å². The molecule has 2 aliphatic heterocycles. The molecule has 2 heterocycles. The van der Waals surface area contributed by atoms with Gasteiger partial charge >= 0.3 is 0 Å². The third-order valence-electron chi connectivity index (χ3n) is 3.16. The Morgan fingerprint density at radius 1 is 1.47 bits per heavy atom. The zero-order valence-electron chi connectivity index (χ0n) is 9.37. The van der Waals surface area contributed by atoms with Crippen molar-refractivity contribution < 1.29 is 4.79 Å². The van der Waals surface area contributed by atoms with Crippen molar-refractivity contribution in [2.24, 2.45) is 0 Å². The van der Waals surface area contributed by atoms with Crippen LogP contribution in [0.1, 0.15) is 32.6 Å². The number of amides is 1. The molecule has 0 saturated carbocycles. The fraction of sp³-hybridized carbons (Fsp3) is 0.909. The van der Waals surface area contributed by atoms with Gasteiger partial charge in [-0.3, -0.25) is 4.79 Å². The largest absolute Gasteiger partial charge is 0.343 e. The van der Waals surface area contributed by atoms with Crippen LogP contribution in [0.3, 0.4) is 0 Å². The molecule has 0 aliphatic carbocycles. The van der Waals surface area contributed by atoms with E-state index in [-0.39, 0.29) is 0 Å². The van der Waals surface area contributed by atoms with E-state index >= 15 is 0 Å². The van der Waals surface area contributed by atoms with Gasteiger partial charge < -0.3 is 10.2 Å². The van der Waals surface area contributed by atoms with Crippen LogP contribution in [-0.2, 0) is 4.79 Å². The molecular weight excluding hydrogens is 208 g/mol. The number of hydrogen-bond donors (Lipinski definition) is 1. The summed E-state index contributed by atoms with van der Waals surface area (Å²) >= 11 is 1.90. The molecule has 0 aromatic carbocycles. The summed E-state index contributed by atoms with van der Waals surface area (Å²) in [7, 11) is 0. The van der Waals surface area contributed by atoms with Crippen molar-refractivity contribution in [1.29, 1.82) is 0 Å². The van der Waals surface area contributed by atoms with Crippen molar-refractivity contribution in [1.82, 2.24) is 10.2 Å². The average molecular weight is 228 g/mol. The number of hydrogen-bond acceptors (Lipinski definition) is 3. The van der Waals surface area contributed by atoms with E-state index in [2.05, 4.69) is 12.2 Å². The number of thioether (sulfide) groups is 1. The van der Waals surface area contributed by atoms with Crippen molar-refractivity contribution in [3.63, 3.8) is 0 Å². The summed E-state index contributed by atoms with van der Waals surface area (Å²) in [6, 6.07) is 0.572. The molecular formula is C11H20N2OS. The van der Waals surface area contributed by atoms with Gasteiger partial charge in [0.1, 0.15) is 0 Å². The molecule has 1 amide bonds. The molecule has 15 heavy (non-hydrogen) atoms. The highest BCUT2D eigenvalue weighted by Gasteiger charge is 2.24. The maximum Gasteiger partial charge on any atom is 0.225 e. The first-order valence-electron chi connectivity index (χ1n) is 5.91. The molecule has 2 atom stereocenters. The number of carbonyl (C=O) groups excluding carboxylic acids is 1. The lowest BCUT2D eigenvalue weighted by Crippen LogP contribution is -2.42. The summed E-state index contributed by atoms with van der Waals surface area (Å²) in [6.07, 6.45) is 4.27. The van der Waals surface area contributed by atoms with E-state index in [1.54, 1.807) is 0 Å². The van der Waals surface area contributed by atoms with Crippen LogP contribution < -0.4 is 5.32 Å². The van der Waals surface area contributed by atoms with E-state index in [1.165, 1.54) is 25.0 Å². The first kappa shape index (κ1) is 11.3. The highest BCUT2D eigenvalue weighted by Crippen LogP contribution is 2.22. The van der Waals surface area contributed by atoms with Gasteiger partial charge in [-0.25, -0.2) is 0 Å². The zero-order chi connectivity index (χ0) is 10.7. The molecule has 1 N–H and O–H groups in total. The monoisotopic (exact) mass is 228 g/mol. The molecule has 0 spiro atoms. The molecule has 3 nitrogen and oxygen atoms in total. The summed E-state index contributed by atoms with van der Waals surface area (Å²) in [6.45, 7) is 4.16. The first-order chi connectivity index (χ1) is 7.25. The molecule has 2 aliphatic rings. The lowest BCUT2D eigenvalue weighted by molar-refractivity contribution is -0.130. The Balaban J connectivity index is 1.77. The summed E-state index contributed by atoms with van der Waals surface area (Å²) in [4.78, 5) is 13.9. The minimum Gasteiger partial charge on any atom is -0.343 e. The summed E-state index contributed by atoms with van der Waals surface area (Å²) < 4.78 is 0. The fourth-order valence-corrected chi connectivity index (χ4v) is 3.57. The predicted molar refractivity (Wildman–Crippen MR) is 63.9 cm³/mol. The Hall–Kier alpha value is -0.220. The normalized spacial score (nSPS) is 31.9. The van der Waals surface area contributed by atoms with Gasteiger partial charge in [0.25, 0.3) is 0 Å². The SMILES string of the molecule is CC1CCSC(CC(=O)N2CCCC2)N1. The molecule has 0 bridgehead atoms. The smallest absolute Gasteiger partial charge is 0.225 e. The van der Waals surface area contributed by atoms with Gasteiger partial charge in [0.15, 0.2) is 0 Å². The Labute approximate surface area is 96.0 Å². The third kappa shape index (κ3) is 3.11. The second kappa shape index (κ2) is 5.21. The second-order valence-electron chi connectivity index (χ2n) is 4.51. The quantitative estimate of drug-likeness (QED) is 0.776. The molecule has 2 fully saturated rings. The highest BCUT2D eigenvalue weighted by atomic mass is 32.2. The van der Waals surface area contributed by atoms with Crippen LogP contribution in [0.5, 0.6) is 0 Å². The zero-order valence-corrected chi connectivity index (χ0v) is 10.2. The number of carbonyl (C=O) groups is 1. The van der Waals surface area contributed by atoms with Crippen LogP contribution in [-0.4, -0.2) is 41.1 Å². The third-order valence-corrected chi connectivity index (χ3v) is 4.34. The van der Waals surface area contributed by atoms with Gasteiger partial charge in [-0.05, 0) is 31.9 Å². The maximum absolute atomic E-state index is 11.9. The number of nitrogens with zero attached hydrogens (tertiary/aromatic N) is 1. The van der Waals surface area contributed by atoms with Gasteiger partial charge in [-0.1, -0.05) is 0 Å². The van der Waals surface area contributed by atoms with Gasteiger partial charge in [0, 0.05) is 19.1 Å². The van der Waals surface area contributed by atoms with E-state index < -0.39 is 0 Å². The topological polar surface area (TPSA) is 32.3 Å². The van der Waals surface area contributed by atoms with Crippen molar-refractivity contribution in [3.8, 4) is 0 Å². The number of likely N-dealkylation sites (tertiary alicyclic amines) is 1. The van der Waals surface area contributed by atoms with Crippen LogP contribution in [0.25, 0.3) is 0 Å². The van der Waals surface area contributed by atoms with E-state index in [0.717, 1.165) is 13.1 Å². The Morgan fingerprint density at radius 3 is 2.87 bits per heavy atom. The van der Waals surface area contributed by atoms with Crippen LogP contribution in [0.2, 0.25) is 0 Å². The van der Waals surface area contributed by atoms with E-state index in [4.69, 9.17) is 0 Å². The second-order valence-corrected chi connectivity index (χ2v) is 5.82. The molecule has 2 saturated heterocycles. The van der Waals surface area contributed by atoms with Crippen molar-refractivity contribution in [2.45, 2.75) is 44.0 Å². The molecule has 2 rings (SSSR count). The predicted octanol–water partition coefficient (Wildman–Crippen LogP) is 1.44. The fourth-order valence-electron chi connectivity index (χ4n) is 2.21. The van der Waals surface area contributed by atoms with Gasteiger partial charge in [0.2, 0.25) is 5.91 Å². The standard InChI is InChI=1S/C11H20N2OS/c1-9-4-7-15-10(12-9)8-11(14)13-5-2-3-6-13/h9-10,12H,2-8H2,1H3. The molecule has 0 aromatic rings. The van der Waals surface area contributed by atoms with Gasteiger partial charge in [0.05, 0.1) is 11.8 Å². The Morgan fingerprint density at radius 2 is 2.20 bits per heavy atom. The maximum atomic E-state index is 11.9. The molecule has 86 valence electrons. The minimum absolute atomic E-state index is 0.339. The molecule has 2 unspecified atom stereocenters. The summed E-state index contributed by atoms with van der Waals surface area (Å²) in [5, 5.41) is 3.84. The summed E-state index contributed by atoms with van der Waals surface area (Å²) in [5.41, 5.74) is 0. The highest BCUT2D eigenvalue weighted by molar-refractivity contribution is 7.99. The Kier molecular flexibility index (Phi) is 3.92. The average Bonchev–Trinajstić information content (AvgIpc) is 2.70. The van der Waals surface area contributed by atoms with E-state index in [0.29, 0.717) is 23.7 Å². The van der Waals surface area contributed by atoms with Crippen LogP contribution >= 0.6 is 11.8 Å². The van der Waals surface area contributed by atoms with Crippen LogP contribution in [0.4, 0.5) is 0 Å². The van der Waals surface area contributed by atoms with Gasteiger partial charge in [-0.2, -0.15) is 0 Å².